The van der Waals surface area contributed by atoms with Crippen LogP contribution in [-0.2, 0) is 4.74 Å². The minimum atomic E-state index is 0.141. The van der Waals surface area contributed by atoms with E-state index in [9.17, 15) is 0 Å². The first kappa shape index (κ1) is 12.2. The largest absolute Gasteiger partial charge is 0.379 e. The molecule has 2 N–H and O–H groups in total. The van der Waals surface area contributed by atoms with Crippen molar-refractivity contribution in [1.82, 2.24) is 0 Å². The average molecular weight is 207 g/mol. The van der Waals surface area contributed by atoms with Gasteiger partial charge in [-0.05, 0) is 32.3 Å². The van der Waals surface area contributed by atoms with Crippen molar-refractivity contribution in [2.75, 3.05) is 6.61 Å². The van der Waals surface area contributed by atoms with Crippen LogP contribution in [0.3, 0.4) is 0 Å². The summed E-state index contributed by atoms with van der Waals surface area (Å²) in [5.74, 6) is 0. The Kier molecular flexibility index (Phi) is 5.37. The lowest BCUT2D eigenvalue weighted by molar-refractivity contribution is 0.0751. The molecule has 1 rings (SSSR count). The van der Waals surface area contributed by atoms with Crippen molar-refractivity contribution in [3.8, 4) is 0 Å². The summed E-state index contributed by atoms with van der Waals surface area (Å²) in [6.07, 6.45) is 2.32. The van der Waals surface area contributed by atoms with E-state index in [-0.39, 0.29) is 6.04 Å². The van der Waals surface area contributed by atoms with Gasteiger partial charge in [0.15, 0.2) is 0 Å². The van der Waals surface area contributed by atoms with Crippen molar-refractivity contribution in [2.24, 2.45) is 5.73 Å². The van der Waals surface area contributed by atoms with Gasteiger partial charge in [-0.2, -0.15) is 0 Å². The Balaban J connectivity index is 2.22. The van der Waals surface area contributed by atoms with Crippen LogP contribution in [0.15, 0.2) is 30.3 Å². The van der Waals surface area contributed by atoms with Crippen molar-refractivity contribution in [2.45, 2.75) is 38.8 Å². The third-order valence-electron chi connectivity index (χ3n) is 2.34. The summed E-state index contributed by atoms with van der Waals surface area (Å²) in [5, 5.41) is 0. The monoisotopic (exact) mass is 207 g/mol. The predicted molar refractivity (Wildman–Crippen MR) is 63.7 cm³/mol. The zero-order chi connectivity index (χ0) is 11.1. The molecular formula is C13H21NO. The van der Waals surface area contributed by atoms with Crippen LogP contribution in [0.2, 0.25) is 0 Å². The van der Waals surface area contributed by atoms with E-state index in [1.165, 1.54) is 5.56 Å². The Labute approximate surface area is 92.4 Å². The fourth-order valence-corrected chi connectivity index (χ4v) is 1.49. The molecule has 0 aliphatic carbocycles. The summed E-state index contributed by atoms with van der Waals surface area (Å²) in [6.45, 7) is 4.91. The Hall–Kier alpha value is -0.860. The smallest absolute Gasteiger partial charge is 0.0518 e. The minimum absolute atomic E-state index is 0.141. The summed E-state index contributed by atoms with van der Waals surface area (Å²) < 4.78 is 5.47. The number of hydrogen-bond acceptors (Lipinski definition) is 2. The van der Waals surface area contributed by atoms with Gasteiger partial charge in [-0.3, -0.25) is 0 Å². The second kappa shape index (κ2) is 6.59. The van der Waals surface area contributed by atoms with Gasteiger partial charge in [-0.1, -0.05) is 30.3 Å². The van der Waals surface area contributed by atoms with E-state index < -0.39 is 0 Å². The van der Waals surface area contributed by atoms with Gasteiger partial charge < -0.3 is 10.5 Å². The Bertz CT molecular complexity index is 258. The molecule has 1 aromatic carbocycles. The maximum atomic E-state index is 6.06. The summed E-state index contributed by atoms with van der Waals surface area (Å²) in [4.78, 5) is 0. The van der Waals surface area contributed by atoms with Crippen LogP contribution in [0, 0.1) is 0 Å². The molecule has 0 heterocycles. The highest BCUT2D eigenvalue weighted by Crippen LogP contribution is 2.14. The summed E-state index contributed by atoms with van der Waals surface area (Å²) in [5.41, 5.74) is 7.27. The van der Waals surface area contributed by atoms with E-state index in [1.807, 2.05) is 18.2 Å². The molecule has 0 spiro atoms. The molecule has 15 heavy (non-hydrogen) atoms. The van der Waals surface area contributed by atoms with Gasteiger partial charge >= 0.3 is 0 Å². The predicted octanol–water partition coefficient (Wildman–Crippen LogP) is 2.89. The van der Waals surface area contributed by atoms with Gasteiger partial charge in [0.2, 0.25) is 0 Å². The first-order chi connectivity index (χ1) is 7.20. The van der Waals surface area contributed by atoms with Gasteiger partial charge in [0, 0.05) is 12.6 Å². The Morgan fingerprint density at radius 1 is 1.20 bits per heavy atom. The van der Waals surface area contributed by atoms with E-state index >= 15 is 0 Å². The SMILES string of the molecule is CC(C)OCCCC(N)c1ccccc1. The lowest BCUT2D eigenvalue weighted by Crippen LogP contribution is -2.12. The molecule has 0 bridgehead atoms. The topological polar surface area (TPSA) is 35.2 Å². The minimum Gasteiger partial charge on any atom is -0.379 e. The molecule has 0 radical (unpaired) electrons. The van der Waals surface area contributed by atoms with E-state index in [0.29, 0.717) is 6.10 Å². The molecule has 0 saturated heterocycles. The van der Waals surface area contributed by atoms with Crippen LogP contribution in [0.25, 0.3) is 0 Å². The second-order valence-electron chi connectivity index (χ2n) is 4.08. The molecule has 0 fully saturated rings. The van der Waals surface area contributed by atoms with Crippen molar-refractivity contribution < 1.29 is 4.74 Å². The van der Waals surface area contributed by atoms with Gasteiger partial charge in [0.05, 0.1) is 6.10 Å². The van der Waals surface area contributed by atoms with Crippen LogP contribution < -0.4 is 5.73 Å². The molecule has 84 valence electrons. The van der Waals surface area contributed by atoms with E-state index in [0.717, 1.165) is 19.4 Å². The molecule has 1 atom stereocenters. The summed E-state index contributed by atoms with van der Waals surface area (Å²) in [6, 6.07) is 10.4. The highest BCUT2D eigenvalue weighted by molar-refractivity contribution is 5.18. The maximum absolute atomic E-state index is 6.06. The second-order valence-corrected chi connectivity index (χ2v) is 4.08. The van der Waals surface area contributed by atoms with Crippen molar-refractivity contribution in [1.29, 1.82) is 0 Å². The van der Waals surface area contributed by atoms with E-state index in [1.54, 1.807) is 0 Å². The molecule has 0 saturated carbocycles. The normalized spacial score (nSPS) is 13.1. The quantitative estimate of drug-likeness (QED) is 0.728. The van der Waals surface area contributed by atoms with Gasteiger partial charge in [-0.15, -0.1) is 0 Å². The standard InChI is InChI=1S/C13H21NO/c1-11(2)15-10-6-9-13(14)12-7-4-3-5-8-12/h3-5,7-8,11,13H,6,9-10,14H2,1-2H3. The van der Waals surface area contributed by atoms with Gasteiger partial charge in [0.25, 0.3) is 0 Å². The van der Waals surface area contributed by atoms with Crippen LogP contribution in [-0.4, -0.2) is 12.7 Å². The summed E-state index contributed by atoms with van der Waals surface area (Å²) in [7, 11) is 0. The Morgan fingerprint density at radius 3 is 2.47 bits per heavy atom. The zero-order valence-electron chi connectivity index (χ0n) is 9.65. The van der Waals surface area contributed by atoms with E-state index in [4.69, 9.17) is 10.5 Å². The zero-order valence-corrected chi connectivity index (χ0v) is 9.65. The number of ether oxygens (including phenoxy) is 1. The Morgan fingerprint density at radius 2 is 1.87 bits per heavy atom. The maximum Gasteiger partial charge on any atom is 0.0518 e. The molecule has 0 aromatic heterocycles. The number of nitrogens with two attached hydrogens (primary N) is 1. The van der Waals surface area contributed by atoms with Crippen molar-refractivity contribution >= 4 is 0 Å². The molecule has 0 amide bonds. The third kappa shape index (κ3) is 4.96. The first-order valence-electron chi connectivity index (χ1n) is 5.62. The van der Waals surface area contributed by atoms with Crippen molar-refractivity contribution in [3.05, 3.63) is 35.9 Å². The van der Waals surface area contributed by atoms with Crippen LogP contribution >= 0.6 is 0 Å². The molecule has 2 heteroatoms. The van der Waals surface area contributed by atoms with Crippen LogP contribution in [0.1, 0.15) is 38.3 Å². The lowest BCUT2D eigenvalue weighted by atomic mass is 10.0. The molecule has 2 nitrogen and oxygen atoms in total. The first-order valence-corrected chi connectivity index (χ1v) is 5.62. The number of rotatable bonds is 6. The average Bonchev–Trinajstić information content (AvgIpc) is 2.25. The number of hydrogen-bond donors (Lipinski definition) is 1. The molecule has 0 aliphatic heterocycles. The van der Waals surface area contributed by atoms with E-state index in [2.05, 4.69) is 26.0 Å². The van der Waals surface area contributed by atoms with Gasteiger partial charge in [0.1, 0.15) is 0 Å². The number of benzene rings is 1. The highest BCUT2D eigenvalue weighted by Gasteiger charge is 2.04. The van der Waals surface area contributed by atoms with Crippen LogP contribution in [0.4, 0.5) is 0 Å². The highest BCUT2D eigenvalue weighted by atomic mass is 16.5. The molecular weight excluding hydrogens is 186 g/mol. The molecule has 1 aromatic rings. The third-order valence-corrected chi connectivity index (χ3v) is 2.34. The van der Waals surface area contributed by atoms with Gasteiger partial charge in [-0.25, -0.2) is 0 Å². The van der Waals surface area contributed by atoms with Crippen LogP contribution in [0.5, 0.6) is 0 Å². The molecule has 0 aliphatic rings. The molecule has 1 unspecified atom stereocenters. The fraction of sp³-hybridized carbons (Fsp3) is 0.538. The summed E-state index contributed by atoms with van der Waals surface area (Å²) >= 11 is 0. The fourth-order valence-electron chi connectivity index (χ4n) is 1.49. The van der Waals surface area contributed by atoms with Crippen molar-refractivity contribution in [3.63, 3.8) is 0 Å². The lowest BCUT2D eigenvalue weighted by Gasteiger charge is -2.12.